The Labute approximate surface area is 160 Å². The Kier molecular flexibility index (Phi) is 6.45. The van der Waals surface area contributed by atoms with Gasteiger partial charge in [-0.05, 0) is 55.0 Å². The molecule has 1 heterocycles. The number of hydrogen-bond donors (Lipinski definition) is 0. The second-order valence-corrected chi connectivity index (χ2v) is 7.38. The summed E-state index contributed by atoms with van der Waals surface area (Å²) in [5.41, 5.74) is 1.98. The fourth-order valence-electron chi connectivity index (χ4n) is 3.49. The van der Waals surface area contributed by atoms with E-state index in [0.29, 0.717) is 16.5 Å². The molecule has 0 saturated carbocycles. The molecule has 3 rings (SSSR count). The summed E-state index contributed by atoms with van der Waals surface area (Å²) in [4.78, 5) is 26.5. The quantitative estimate of drug-likeness (QED) is 0.687. The third kappa shape index (κ3) is 5.18. The summed E-state index contributed by atoms with van der Waals surface area (Å²) in [6, 6.07) is 17.4. The molecule has 26 heavy (non-hydrogen) atoms. The van der Waals surface area contributed by atoms with Gasteiger partial charge in [0.15, 0.2) is 5.78 Å². The highest BCUT2D eigenvalue weighted by Crippen LogP contribution is 2.22. The number of carbonyl (C=O) groups excluding carboxylic acids is 2. The molecule has 3 nitrogen and oxygen atoms in total. The zero-order valence-electron chi connectivity index (χ0n) is 14.9. The topological polar surface area (TPSA) is 37.4 Å². The van der Waals surface area contributed by atoms with Crippen LogP contribution < -0.4 is 0 Å². The number of benzene rings is 2. The first-order chi connectivity index (χ1) is 12.6. The predicted molar refractivity (Wildman–Crippen MR) is 104 cm³/mol. The third-order valence-corrected chi connectivity index (χ3v) is 5.32. The monoisotopic (exact) mass is 369 g/mol. The lowest BCUT2D eigenvalue weighted by Gasteiger charge is -2.32. The summed E-state index contributed by atoms with van der Waals surface area (Å²) in [6.07, 6.45) is 3.69. The number of ketones is 1. The Morgan fingerprint density at radius 3 is 2.23 bits per heavy atom. The summed E-state index contributed by atoms with van der Waals surface area (Å²) in [7, 11) is 0. The van der Waals surface area contributed by atoms with Crippen LogP contribution in [-0.2, 0) is 11.2 Å². The number of amides is 1. The van der Waals surface area contributed by atoms with Crippen molar-refractivity contribution in [3.05, 3.63) is 70.7 Å². The molecule has 4 heteroatoms. The standard InChI is InChI=1S/C22H24ClNO2/c23-20-8-6-19(7-9-20)21(25)10-11-22(26)24-14-12-18(13-15-24)16-17-4-2-1-3-5-17/h1-9,18H,10-16H2. The number of halogens is 1. The van der Waals surface area contributed by atoms with Gasteiger partial charge in [0.1, 0.15) is 0 Å². The van der Waals surface area contributed by atoms with Crippen LogP contribution in [0.5, 0.6) is 0 Å². The van der Waals surface area contributed by atoms with Crippen LogP contribution in [0.4, 0.5) is 0 Å². The zero-order valence-corrected chi connectivity index (χ0v) is 15.6. The Morgan fingerprint density at radius 2 is 1.58 bits per heavy atom. The van der Waals surface area contributed by atoms with E-state index in [-0.39, 0.29) is 24.5 Å². The van der Waals surface area contributed by atoms with E-state index in [1.165, 1.54) is 5.56 Å². The molecule has 0 unspecified atom stereocenters. The summed E-state index contributed by atoms with van der Waals surface area (Å²) >= 11 is 5.84. The van der Waals surface area contributed by atoms with E-state index in [1.54, 1.807) is 24.3 Å². The number of piperidine rings is 1. The van der Waals surface area contributed by atoms with Crippen molar-refractivity contribution in [1.29, 1.82) is 0 Å². The second-order valence-electron chi connectivity index (χ2n) is 6.94. The average Bonchev–Trinajstić information content (AvgIpc) is 2.68. The minimum Gasteiger partial charge on any atom is -0.343 e. The van der Waals surface area contributed by atoms with Gasteiger partial charge in [0.25, 0.3) is 0 Å². The normalized spacial score (nSPS) is 15.0. The molecule has 0 radical (unpaired) electrons. The molecular formula is C22H24ClNO2. The molecular weight excluding hydrogens is 346 g/mol. The van der Waals surface area contributed by atoms with Crippen LogP contribution in [0.3, 0.4) is 0 Å². The first-order valence-corrected chi connectivity index (χ1v) is 9.60. The Hall–Kier alpha value is -2.13. The molecule has 0 spiro atoms. The van der Waals surface area contributed by atoms with Crippen molar-refractivity contribution in [2.45, 2.75) is 32.1 Å². The Bertz CT molecular complexity index is 734. The highest BCUT2D eigenvalue weighted by Gasteiger charge is 2.23. The largest absolute Gasteiger partial charge is 0.343 e. The van der Waals surface area contributed by atoms with Crippen molar-refractivity contribution in [3.8, 4) is 0 Å². The molecule has 2 aromatic carbocycles. The lowest BCUT2D eigenvalue weighted by atomic mass is 9.90. The lowest BCUT2D eigenvalue weighted by Crippen LogP contribution is -2.39. The molecule has 1 saturated heterocycles. The molecule has 0 aromatic heterocycles. The lowest BCUT2D eigenvalue weighted by molar-refractivity contribution is -0.132. The van der Waals surface area contributed by atoms with Gasteiger partial charge in [-0.1, -0.05) is 41.9 Å². The average molecular weight is 370 g/mol. The van der Waals surface area contributed by atoms with E-state index in [1.807, 2.05) is 11.0 Å². The van der Waals surface area contributed by atoms with E-state index in [2.05, 4.69) is 24.3 Å². The SMILES string of the molecule is O=C(CCC(=O)N1CCC(Cc2ccccc2)CC1)c1ccc(Cl)cc1. The van der Waals surface area contributed by atoms with Gasteiger partial charge in [0.05, 0.1) is 0 Å². The van der Waals surface area contributed by atoms with Crippen LogP contribution in [-0.4, -0.2) is 29.7 Å². The number of carbonyl (C=O) groups is 2. The maximum atomic E-state index is 12.4. The summed E-state index contributed by atoms with van der Waals surface area (Å²) in [5.74, 6) is 0.719. The van der Waals surface area contributed by atoms with Crippen LogP contribution in [0.15, 0.2) is 54.6 Å². The van der Waals surface area contributed by atoms with Gasteiger partial charge in [-0.15, -0.1) is 0 Å². The van der Waals surface area contributed by atoms with Gasteiger partial charge in [-0.25, -0.2) is 0 Å². The minimum absolute atomic E-state index is 0.00557. The van der Waals surface area contributed by atoms with Gasteiger partial charge < -0.3 is 4.90 Å². The minimum atomic E-state index is -0.00557. The molecule has 1 amide bonds. The van der Waals surface area contributed by atoms with Gasteiger partial charge >= 0.3 is 0 Å². The highest BCUT2D eigenvalue weighted by molar-refractivity contribution is 6.30. The zero-order chi connectivity index (χ0) is 18.4. The molecule has 1 fully saturated rings. The maximum Gasteiger partial charge on any atom is 0.223 e. The Morgan fingerprint density at radius 1 is 0.923 bits per heavy atom. The van der Waals surface area contributed by atoms with E-state index >= 15 is 0 Å². The molecule has 136 valence electrons. The molecule has 0 aliphatic carbocycles. The van der Waals surface area contributed by atoms with Gasteiger partial charge in [-0.2, -0.15) is 0 Å². The van der Waals surface area contributed by atoms with Gasteiger partial charge in [-0.3, -0.25) is 9.59 Å². The predicted octanol–water partition coefficient (Wildman–Crippen LogP) is 4.78. The first-order valence-electron chi connectivity index (χ1n) is 9.22. The van der Waals surface area contributed by atoms with Crippen molar-refractivity contribution < 1.29 is 9.59 Å². The molecule has 1 aliphatic heterocycles. The smallest absolute Gasteiger partial charge is 0.223 e. The van der Waals surface area contributed by atoms with Crippen LogP contribution in [0, 0.1) is 5.92 Å². The van der Waals surface area contributed by atoms with E-state index in [4.69, 9.17) is 11.6 Å². The Balaban J connectivity index is 1.42. The molecule has 2 aromatic rings. The summed E-state index contributed by atoms with van der Waals surface area (Å²) in [6.45, 7) is 1.59. The maximum absolute atomic E-state index is 12.4. The van der Waals surface area contributed by atoms with E-state index in [9.17, 15) is 9.59 Å². The summed E-state index contributed by atoms with van der Waals surface area (Å²) in [5, 5.41) is 0.607. The second kappa shape index (κ2) is 9.00. The number of likely N-dealkylation sites (tertiary alicyclic amines) is 1. The number of rotatable bonds is 6. The van der Waals surface area contributed by atoms with E-state index in [0.717, 1.165) is 32.4 Å². The fraction of sp³-hybridized carbons (Fsp3) is 0.364. The molecule has 1 aliphatic rings. The van der Waals surface area contributed by atoms with Crippen molar-refractivity contribution in [1.82, 2.24) is 4.90 Å². The molecule has 0 bridgehead atoms. The first kappa shape index (κ1) is 18.7. The van der Waals surface area contributed by atoms with Crippen LogP contribution in [0.2, 0.25) is 5.02 Å². The van der Waals surface area contributed by atoms with Crippen molar-refractivity contribution in [2.24, 2.45) is 5.92 Å². The van der Waals surface area contributed by atoms with Crippen LogP contribution in [0.25, 0.3) is 0 Å². The van der Waals surface area contributed by atoms with Crippen molar-refractivity contribution >= 4 is 23.3 Å². The molecule has 0 N–H and O–H groups in total. The van der Waals surface area contributed by atoms with Crippen LogP contribution in [0.1, 0.15) is 41.6 Å². The van der Waals surface area contributed by atoms with E-state index < -0.39 is 0 Å². The van der Waals surface area contributed by atoms with Crippen molar-refractivity contribution in [3.63, 3.8) is 0 Å². The van der Waals surface area contributed by atoms with Gasteiger partial charge in [0, 0.05) is 36.5 Å². The molecule has 0 atom stereocenters. The summed E-state index contributed by atoms with van der Waals surface area (Å²) < 4.78 is 0. The van der Waals surface area contributed by atoms with Gasteiger partial charge in [0.2, 0.25) is 5.91 Å². The number of nitrogens with zero attached hydrogens (tertiary/aromatic N) is 1. The van der Waals surface area contributed by atoms with Crippen molar-refractivity contribution in [2.75, 3.05) is 13.1 Å². The number of Topliss-reactive ketones (excluding diaryl/α,β-unsaturated/α-hetero) is 1. The third-order valence-electron chi connectivity index (χ3n) is 5.07. The number of hydrogen-bond acceptors (Lipinski definition) is 2. The highest BCUT2D eigenvalue weighted by atomic mass is 35.5. The fourth-order valence-corrected chi connectivity index (χ4v) is 3.62. The van der Waals surface area contributed by atoms with Crippen LogP contribution >= 0.6 is 11.6 Å².